The van der Waals surface area contributed by atoms with E-state index >= 15 is 0 Å². The molecule has 10 aromatic rings. The van der Waals surface area contributed by atoms with Crippen LogP contribution in [0.4, 0.5) is 17.1 Å². The van der Waals surface area contributed by atoms with Gasteiger partial charge in [-0.25, -0.2) is 0 Å². The van der Waals surface area contributed by atoms with E-state index in [-0.39, 0.29) is 0 Å². The number of para-hydroxylation sites is 3. The van der Waals surface area contributed by atoms with Gasteiger partial charge in [0.15, 0.2) is 5.58 Å². The summed E-state index contributed by atoms with van der Waals surface area (Å²) >= 11 is 0. The van der Waals surface area contributed by atoms with Gasteiger partial charge in [0.05, 0.1) is 27.8 Å². The van der Waals surface area contributed by atoms with Gasteiger partial charge in [0.1, 0.15) is 5.58 Å². The number of hydrogen-bond donors (Lipinski definition) is 0. The molecule has 2 heterocycles. The van der Waals surface area contributed by atoms with E-state index in [1.807, 2.05) is 6.07 Å². The van der Waals surface area contributed by atoms with Gasteiger partial charge in [0.25, 0.3) is 0 Å². The highest BCUT2D eigenvalue weighted by molar-refractivity contribution is 6.17. The van der Waals surface area contributed by atoms with Crippen molar-refractivity contribution in [2.24, 2.45) is 0 Å². The Hall–Kier alpha value is -6.84. The largest absolute Gasteiger partial charge is 0.454 e. The fourth-order valence-electron chi connectivity index (χ4n) is 7.66. The van der Waals surface area contributed by atoms with Gasteiger partial charge in [-0.1, -0.05) is 140 Å². The summed E-state index contributed by atoms with van der Waals surface area (Å²) in [5.74, 6) is 0. The van der Waals surface area contributed by atoms with Gasteiger partial charge >= 0.3 is 0 Å². The summed E-state index contributed by atoms with van der Waals surface area (Å²) in [4.78, 5) is 2.38. The minimum absolute atomic E-state index is 0.852. The van der Waals surface area contributed by atoms with Crippen LogP contribution in [0.3, 0.4) is 0 Å². The van der Waals surface area contributed by atoms with Crippen LogP contribution in [0.25, 0.3) is 71.7 Å². The van der Waals surface area contributed by atoms with Crippen molar-refractivity contribution in [3.05, 3.63) is 194 Å². The van der Waals surface area contributed by atoms with E-state index in [4.69, 9.17) is 4.42 Å². The highest BCUT2D eigenvalue weighted by Gasteiger charge is 2.24. The molecule has 0 atom stereocenters. The molecule has 0 fully saturated rings. The molecule has 0 aliphatic carbocycles. The smallest absolute Gasteiger partial charge is 0.161 e. The minimum Gasteiger partial charge on any atom is -0.454 e. The maximum Gasteiger partial charge on any atom is 0.161 e. The zero-order chi connectivity index (χ0) is 33.7. The highest BCUT2D eigenvalue weighted by Crippen LogP contribution is 2.46. The third-order valence-corrected chi connectivity index (χ3v) is 9.99. The van der Waals surface area contributed by atoms with Crippen LogP contribution in [-0.2, 0) is 0 Å². The van der Waals surface area contributed by atoms with E-state index in [1.54, 1.807) is 0 Å². The van der Waals surface area contributed by atoms with Gasteiger partial charge in [-0.15, -0.1) is 0 Å². The summed E-state index contributed by atoms with van der Waals surface area (Å²) in [5, 5.41) is 4.59. The number of nitrogens with zero attached hydrogens (tertiary/aromatic N) is 2. The Kier molecular flexibility index (Phi) is 6.81. The summed E-state index contributed by atoms with van der Waals surface area (Å²) in [5.41, 5.74) is 12.9. The lowest BCUT2D eigenvalue weighted by Crippen LogP contribution is -2.11. The quantitative estimate of drug-likeness (QED) is 0.178. The SMILES string of the molecule is c1ccc(-c2ccc(N(c3cccc(-c4ccccc4)c3)c3ccc(-n4c5ccccc5c5ccccc54)c4oc5ccccc5c34)cc2)cc1. The first-order valence-electron chi connectivity index (χ1n) is 17.4. The van der Waals surface area contributed by atoms with E-state index in [9.17, 15) is 0 Å². The predicted molar refractivity (Wildman–Crippen MR) is 214 cm³/mol. The van der Waals surface area contributed by atoms with Crippen molar-refractivity contribution in [3.8, 4) is 27.9 Å². The van der Waals surface area contributed by atoms with E-state index in [0.29, 0.717) is 0 Å². The number of hydrogen-bond acceptors (Lipinski definition) is 2. The summed E-state index contributed by atoms with van der Waals surface area (Å²) < 4.78 is 9.25. The summed E-state index contributed by atoms with van der Waals surface area (Å²) in [6.45, 7) is 0. The maximum absolute atomic E-state index is 6.89. The monoisotopic (exact) mass is 652 g/mol. The molecule has 0 radical (unpaired) electrons. The van der Waals surface area contributed by atoms with Crippen LogP contribution in [-0.4, -0.2) is 4.57 Å². The lowest BCUT2D eigenvalue weighted by Gasteiger charge is -2.27. The average molecular weight is 653 g/mol. The second kappa shape index (κ2) is 11.9. The average Bonchev–Trinajstić information content (AvgIpc) is 3.76. The number of furan rings is 1. The Bertz CT molecular complexity index is 2790. The van der Waals surface area contributed by atoms with Gasteiger partial charge in [0.2, 0.25) is 0 Å². The van der Waals surface area contributed by atoms with Crippen LogP contribution < -0.4 is 4.90 Å². The molecule has 0 amide bonds. The van der Waals surface area contributed by atoms with E-state index < -0.39 is 0 Å². The first-order chi connectivity index (χ1) is 25.3. The van der Waals surface area contributed by atoms with E-state index in [0.717, 1.165) is 61.3 Å². The molecular weight excluding hydrogens is 621 g/mol. The third kappa shape index (κ3) is 4.82. The van der Waals surface area contributed by atoms with Gasteiger partial charge < -0.3 is 13.9 Å². The van der Waals surface area contributed by atoms with Crippen molar-refractivity contribution in [3.63, 3.8) is 0 Å². The lowest BCUT2D eigenvalue weighted by molar-refractivity contribution is 0.666. The highest BCUT2D eigenvalue weighted by atomic mass is 16.3. The zero-order valence-electron chi connectivity index (χ0n) is 27.8. The summed E-state index contributed by atoms with van der Waals surface area (Å²) in [6.07, 6.45) is 0. The van der Waals surface area contributed by atoms with Crippen molar-refractivity contribution >= 4 is 60.8 Å². The Morgan fingerprint density at radius 3 is 1.63 bits per heavy atom. The Balaban J connectivity index is 1.25. The van der Waals surface area contributed by atoms with Crippen molar-refractivity contribution in [2.45, 2.75) is 0 Å². The fraction of sp³-hybridized carbons (Fsp3) is 0. The molecule has 8 aromatic carbocycles. The number of anilines is 3. The molecule has 10 rings (SSSR count). The lowest BCUT2D eigenvalue weighted by atomic mass is 10.0. The Labute approximate surface area is 295 Å². The molecule has 0 bridgehead atoms. The van der Waals surface area contributed by atoms with Crippen LogP contribution in [0.15, 0.2) is 199 Å². The molecular formula is C48H32N2O. The second-order valence-electron chi connectivity index (χ2n) is 12.9. The van der Waals surface area contributed by atoms with E-state index in [2.05, 4.69) is 198 Å². The molecule has 0 spiro atoms. The van der Waals surface area contributed by atoms with Gasteiger partial charge in [-0.05, 0) is 76.9 Å². The van der Waals surface area contributed by atoms with Crippen molar-refractivity contribution in [1.82, 2.24) is 4.57 Å². The number of aromatic nitrogens is 1. The van der Waals surface area contributed by atoms with Crippen LogP contribution in [0.1, 0.15) is 0 Å². The zero-order valence-corrected chi connectivity index (χ0v) is 27.8. The van der Waals surface area contributed by atoms with Crippen molar-refractivity contribution in [2.75, 3.05) is 4.90 Å². The standard InChI is InChI=1S/C48H32N2O/c1-3-14-33(15-4-1)35-26-28-37(29-27-35)49(38-19-13-18-36(32-38)34-16-5-2-6-17-34)44-30-31-45(48-47(44)41-22-9-12-25-46(41)51-48)50-42-23-10-7-20-39(42)40-21-8-11-24-43(40)50/h1-32H. The van der Waals surface area contributed by atoms with E-state index in [1.165, 1.54) is 27.5 Å². The molecule has 0 saturated carbocycles. The Morgan fingerprint density at radius 2 is 0.941 bits per heavy atom. The second-order valence-corrected chi connectivity index (χ2v) is 12.9. The van der Waals surface area contributed by atoms with Gasteiger partial charge in [-0.2, -0.15) is 0 Å². The number of rotatable bonds is 6. The number of benzene rings is 8. The van der Waals surface area contributed by atoms with Gasteiger partial charge in [0, 0.05) is 27.5 Å². The third-order valence-electron chi connectivity index (χ3n) is 9.99. The Morgan fingerprint density at radius 1 is 0.392 bits per heavy atom. The van der Waals surface area contributed by atoms with Crippen LogP contribution in [0, 0.1) is 0 Å². The number of fused-ring (bicyclic) bond motifs is 6. The van der Waals surface area contributed by atoms with Crippen molar-refractivity contribution < 1.29 is 4.42 Å². The molecule has 0 saturated heterocycles. The summed E-state index contributed by atoms with van der Waals surface area (Å²) in [7, 11) is 0. The molecule has 2 aromatic heterocycles. The molecule has 51 heavy (non-hydrogen) atoms. The maximum atomic E-state index is 6.89. The predicted octanol–water partition coefficient (Wildman–Crippen LogP) is 13.5. The first-order valence-corrected chi connectivity index (χ1v) is 17.4. The molecule has 240 valence electrons. The van der Waals surface area contributed by atoms with Gasteiger partial charge in [-0.3, -0.25) is 0 Å². The normalized spacial score (nSPS) is 11.5. The minimum atomic E-state index is 0.852. The first kappa shape index (κ1) is 29.1. The molecule has 3 nitrogen and oxygen atoms in total. The molecule has 3 heteroatoms. The van der Waals surface area contributed by atoms with Crippen LogP contribution >= 0.6 is 0 Å². The summed E-state index contributed by atoms with van der Waals surface area (Å²) in [6, 6.07) is 69.0. The molecule has 0 aliphatic heterocycles. The topological polar surface area (TPSA) is 21.3 Å². The van der Waals surface area contributed by atoms with Crippen LogP contribution in [0.5, 0.6) is 0 Å². The van der Waals surface area contributed by atoms with Crippen molar-refractivity contribution in [1.29, 1.82) is 0 Å². The molecule has 0 unspecified atom stereocenters. The fourth-order valence-corrected chi connectivity index (χ4v) is 7.66. The molecule has 0 aliphatic rings. The van der Waals surface area contributed by atoms with Crippen LogP contribution in [0.2, 0.25) is 0 Å². The molecule has 0 N–H and O–H groups in total.